The summed E-state index contributed by atoms with van der Waals surface area (Å²) >= 11 is 12.3. The lowest BCUT2D eigenvalue weighted by Gasteiger charge is -2.23. The Bertz CT molecular complexity index is 920. The van der Waals surface area contributed by atoms with Crippen LogP contribution in [0.4, 0.5) is 4.79 Å². The van der Waals surface area contributed by atoms with Gasteiger partial charge in [-0.3, -0.25) is 0 Å². The molecular formula is C22H24Cl2O6. The molecule has 0 fully saturated rings. The third kappa shape index (κ3) is 5.58. The summed E-state index contributed by atoms with van der Waals surface area (Å²) in [5, 5.41) is 0. The van der Waals surface area contributed by atoms with Gasteiger partial charge in [0.1, 0.15) is 22.7 Å². The molecule has 0 aliphatic heterocycles. The van der Waals surface area contributed by atoms with E-state index in [0.29, 0.717) is 28.2 Å². The van der Waals surface area contributed by atoms with Gasteiger partial charge in [-0.05, 0) is 39.8 Å². The van der Waals surface area contributed by atoms with Crippen LogP contribution >= 0.6 is 23.2 Å². The van der Waals surface area contributed by atoms with E-state index in [2.05, 4.69) is 0 Å². The average Bonchev–Trinajstić information content (AvgIpc) is 2.66. The van der Waals surface area contributed by atoms with Gasteiger partial charge in [0.2, 0.25) is 0 Å². The molecule has 0 aliphatic carbocycles. The first-order valence-corrected chi connectivity index (χ1v) is 10.2. The Balaban J connectivity index is 2.64. The fourth-order valence-corrected chi connectivity index (χ4v) is 3.42. The Kier molecular flexibility index (Phi) is 7.98. The largest absolute Gasteiger partial charge is 0.514 e. The van der Waals surface area contributed by atoms with Crippen molar-refractivity contribution >= 4 is 35.3 Å². The van der Waals surface area contributed by atoms with Crippen LogP contribution in [0.25, 0.3) is 0 Å². The molecule has 6 nitrogen and oxygen atoms in total. The zero-order valence-corrected chi connectivity index (χ0v) is 19.0. The van der Waals surface area contributed by atoms with Crippen LogP contribution in [0.2, 0.25) is 0 Å². The van der Waals surface area contributed by atoms with Crippen molar-refractivity contribution in [1.82, 2.24) is 0 Å². The highest BCUT2D eigenvalue weighted by molar-refractivity contribution is 6.19. The molecule has 2 rings (SSSR count). The quantitative estimate of drug-likeness (QED) is 0.230. The van der Waals surface area contributed by atoms with Gasteiger partial charge < -0.3 is 18.9 Å². The van der Waals surface area contributed by atoms with Gasteiger partial charge in [0, 0.05) is 16.7 Å². The number of hydrogen-bond donors (Lipinski definition) is 0. The minimum atomic E-state index is -0.979. The van der Waals surface area contributed by atoms with E-state index in [1.807, 2.05) is 0 Å². The lowest BCUT2D eigenvalue weighted by molar-refractivity contribution is 0.0202. The standard InChI is InChI=1S/C22H24Cl2O6/c1-13-17(20(25)28-14-9-7-6-8-10-14)19(29-21(26)30-22(2,3)4)16(12-24)15(11-23)18(13)27-5/h6-10H,11-12H2,1-5H3. The van der Waals surface area contributed by atoms with Gasteiger partial charge in [-0.2, -0.15) is 0 Å². The van der Waals surface area contributed by atoms with Crippen LogP contribution in [0.1, 0.15) is 47.8 Å². The number of benzene rings is 2. The Morgan fingerprint density at radius 2 is 1.50 bits per heavy atom. The van der Waals surface area contributed by atoms with Crippen LogP contribution < -0.4 is 14.2 Å². The van der Waals surface area contributed by atoms with Crippen LogP contribution in [-0.2, 0) is 16.5 Å². The van der Waals surface area contributed by atoms with Gasteiger partial charge in [-0.15, -0.1) is 23.2 Å². The van der Waals surface area contributed by atoms with Gasteiger partial charge in [-0.25, -0.2) is 9.59 Å². The molecule has 2 aromatic carbocycles. The molecule has 0 unspecified atom stereocenters. The first-order chi connectivity index (χ1) is 14.1. The molecule has 2 aromatic rings. The summed E-state index contributed by atoms with van der Waals surface area (Å²) in [6, 6.07) is 8.52. The minimum Gasteiger partial charge on any atom is -0.496 e. The van der Waals surface area contributed by atoms with Crippen LogP contribution in [0.5, 0.6) is 17.2 Å². The molecule has 0 saturated carbocycles. The number of alkyl halides is 2. The van der Waals surface area contributed by atoms with Gasteiger partial charge in [0.25, 0.3) is 0 Å². The SMILES string of the molecule is COc1c(C)c(C(=O)Oc2ccccc2)c(OC(=O)OC(C)(C)C)c(CCl)c1CCl. The van der Waals surface area contributed by atoms with E-state index in [0.717, 1.165) is 0 Å². The summed E-state index contributed by atoms with van der Waals surface area (Å²) in [5.74, 6) is -0.139. The highest BCUT2D eigenvalue weighted by Crippen LogP contribution is 2.41. The van der Waals surface area contributed by atoms with Crippen molar-refractivity contribution in [3.63, 3.8) is 0 Å². The Labute approximate surface area is 186 Å². The average molecular weight is 455 g/mol. The molecule has 8 heteroatoms. The van der Waals surface area contributed by atoms with Crippen molar-refractivity contribution in [3.05, 3.63) is 52.6 Å². The van der Waals surface area contributed by atoms with Gasteiger partial charge >= 0.3 is 12.1 Å². The molecule has 0 radical (unpaired) electrons. The number of methoxy groups -OCH3 is 1. The lowest BCUT2D eigenvalue weighted by Crippen LogP contribution is -2.27. The molecule has 0 aliphatic rings. The highest BCUT2D eigenvalue weighted by Gasteiger charge is 2.31. The van der Waals surface area contributed by atoms with Crippen LogP contribution in [0, 0.1) is 6.92 Å². The van der Waals surface area contributed by atoms with Crippen molar-refractivity contribution in [2.24, 2.45) is 0 Å². The van der Waals surface area contributed by atoms with E-state index >= 15 is 0 Å². The first kappa shape index (κ1) is 23.8. The second kappa shape index (κ2) is 10.0. The van der Waals surface area contributed by atoms with Gasteiger partial charge in [-0.1, -0.05) is 18.2 Å². The van der Waals surface area contributed by atoms with Crippen molar-refractivity contribution in [2.45, 2.75) is 45.1 Å². The summed E-state index contributed by atoms with van der Waals surface area (Å²) in [7, 11) is 1.46. The maximum atomic E-state index is 13.1. The van der Waals surface area contributed by atoms with E-state index in [-0.39, 0.29) is 23.1 Å². The molecule has 162 valence electrons. The van der Waals surface area contributed by atoms with Crippen LogP contribution in [0.3, 0.4) is 0 Å². The number of para-hydroxylation sites is 1. The number of hydrogen-bond acceptors (Lipinski definition) is 6. The van der Waals surface area contributed by atoms with Crippen LogP contribution in [-0.4, -0.2) is 24.8 Å². The second-order valence-electron chi connectivity index (χ2n) is 7.36. The molecule has 0 amide bonds. The number of carbonyl (C=O) groups excluding carboxylic acids is 2. The van der Waals surface area contributed by atoms with E-state index in [9.17, 15) is 9.59 Å². The zero-order chi connectivity index (χ0) is 22.5. The lowest BCUT2D eigenvalue weighted by atomic mass is 9.97. The van der Waals surface area contributed by atoms with Crippen molar-refractivity contribution in [3.8, 4) is 17.2 Å². The van der Waals surface area contributed by atoms with E-state index in [1.165, 1.54) is 7.11 Å². The number of halogens is 2. The highest BCUT2D eigenvalue weighted by atomic mass is 35.5. The van der Waals surface area contributed by atoms with E-state index < -0.39 is 17.7 Å². The monoisotopic (exact) mass is 454 g/mol. The molecule has 0 spiro atoms. The summed E-state index contributed by atoms with van der Waals surface area (Å²) in [6.07, 6.45) is -0.979. The molecule has 30 heavy (non-hydrogen) atoms. The third-order valence-corrected chi connectivity index (χ3v) is 4.59. The maximum absolute atomic E-state index is 13.1. The molecule has 0 N–H and O–H groups in total. The summed E-state index contributed by atoms with van der Waals surface area (Å²) in [4.78, 5) is 25.5. The molecule has 0 aromatic heterocycles. The molecular weight excluding hydrogens is 431 g/mol. The summed E-state index contributed by atoms with van der Waals surface area (Å²) < 4.78 is 21.7. The number of ether oxygens (including phenoxy) is 4. The minimum absolute atomic E-state index is 0.00563. The fraction of sp³-hybridized carbons (Fsp3) is 0.364. The third-order valence-electron chi connectivity index (χ3n) is 4.06. The normalized spacial score (nSPS) is 11.0. The fourth-order valence-electron chi connectivity index (χ4n) is 2.85. The number of esters is 1. The number of carbonyl (C=O) groups is 2. The predicted octanol–water partition coefficient (Wildman–Crippen LogP) is 6.01. The molecule has 0 heterocycles. The zero-order valence-electron chi connectivity index (χ0n) is 17.5. The van der Waals surface area contributed by atoms with Crippen molar-refractivity contribution in [2.75, 3.05) is 7.11 Å². The molecule has 0 bridgehead atoms. The van der Waals surface area contributed by atoms with E-state index in [4.69, 9.17) is 42.1 Å². The Hall–Kier alpha value is -2.44. The summed E-state index contributed by atoms with van der Waals surface area (Å²) in [6.45, 7) is 6.75. The Morgan fingerprint density at radius 1 is 0.933 bits per heavy atom. The predicted molar refractivity (Wildman–Crippen MR) is 115 cm³/mol. The van der Waals surface area contributed by atoms with Crippen molar-refractivity contribution in [1.29, 1.82) is 0 Å². The number of rotatable bonds is 6. The van der Waals surface area contributed by atoms with E-state index in [1.54, 1.807) is 58.0 Å². The Morgan fingerprint density at radius 3 is 2.00 bits per heavy atom. The summed E-state index contributed by atoms with van der Waals surface area (Å²) in [5.41, 5.74) is 0.480. The van der Waals surface area contributed by atoms with Crippen LogP contribution in [0.15, 0.2) is 30.3 Å². The van der Waals surface area contributed by atoms with Crippen molar-refractivity contribution < 1.29 is 28.5 Å². The molecule has 0 atom stereocenters. The maximum Gasteiger partial charge on any atom is 0.514 e. The molecule has 0 saturated heterocycles. The topological polar surface area (TPSA) is 71.1 Å². The smallest absolute Gasteiger partial charge is 0.496 e. The second-order valence-corrected chi connectivity index (χ2v) is 7.89. The first-order valence-electron chi connectivity index (χ1n) is 9.15. The van der Waals surface area contributed by atoms with Gasteiger partial charge in [0.15, 0.2) is 5.75 Å². The van der Waals surface area contributed by atoms with Gasteiger partial charge in [0.05, 0.1) is 18.9 Å².